The number of β-amino-alcohol motifs (C(OH)–C–C–N with tert-alkyl or cyclic N) is 1. The van der Waals surface area contributed by atoms with Gasteiger partial charge in [-0.2, -0.15) is 18.2 Å². The minimum Gasteiger partial charge on any atom is -0.391 e. The molecule has 6 rings (SSSR count). The number of carbonyl (C=O) groups excluding carboxylic acids is 1. The zero-order valence-electron chi connectivity index (χ0n) is 19.6. The number of hydrogen-bond acceptors (Lipinski definition) is 9. The fourth-order valence-electron chi connectivity index (χ4n) is 5.02. The Labute approximate surface area is 209 Å². The van der Waals surface area contributed by atoms with E-state index in [1.54, 1.807) is 27.7 Å². The van der Waals surface area contributed by atoms with Gasteiger partial charge in [-0.05, 0) is 36.6 Å². The normalized spacial score (nSPS) is 22.8. The maximum Gasteiger partial charge on any atom is 0.398 e. The van der Waals surface area contributed by atoms with Crippen molar-refractivity contribution in [1.29, 1.82) is 0 Å². The summed E-state index contributed by atoms with van der Waals surface area (Å²) in [6, 6.07) is 2.85. The number of nitrogens with one attached hydrogen (secondary N) is 1. The zero-order chi connectivity index (χ0) is 25.8. The number of amidine groups is 1. The van der Waals surface area contributed by atoms with Gasteiger partial charge in [-0.15, -0.1) is 5.10 Å². The van der Waals surface area contributed by atoms with Gasteiger partial charge in [0.1, 0.15) is 11.4 Å². The van der Waals surface area contributed by atoms with Crippen molar-refractivity contribution >= 4 is 28.9 Å². The second-order valence-electron chi connectivity index (χ2n) is 9.57. The van der Waals surface area contributed by atoms with Crippen LogP contribution in [0.5, 0.6) is 0 Å². The van der Waals surface area contributed by atoms with Crippen LogP contribution in [0.2, 0.25) is 0 Å². The SMILES string of the molecule is O=C(Cc1cnccn1)[C@@H]1C[C@H](O)CN1c1nc(NC2=NCC(C3(C(F)(F)F)CC3)=C2)c2cccn2n1. The number of aliphatic hydroxyl groups is 1. The summed E-state index contributed by atoms with van der Waals surface area (Å²) >= 11 is 0. The first kappa shape index (κ1) is 23.5. The average molecular weight is 512 g/mol. The van der Waals surface area contributed by atoms with Gasteiger partial charge in [-0.1, -0.05) is 0 Å². The Morgan fingerprint density at radius 3 is 2.84 bits per heavy atom. The summed E-state index contributed by atoms with van der Waals surface area (Å²) in [6.45, 7) is 0.135. The number of hydrogen-bond donors (Lipinski definition) is 2. The Kier molecular flexibility index (Phi) is 5.48. The summed E-state index contributed by atoms with van der Waals surface area (Å²) in [7, 11) is 0. The number of aliphatic imine (C=N–C) groups is 1. The number of aliphatic hydroxyl groups excluding tert-OH is 1. The van der Waals surface area contributed by atoms with E-state index in [2.05, 4.69) is 30.4 Å². The molecule has 0 bridgehead atoms. The van der Waals surface area contributed by atoms with Crippen LogP contribution < -0.4 is 10.2 Å². The van der Waals surface area contributed by atoms with E-state index < -0.39 is 23.7 Å². The van der Waals surface area contributed by atoms with Crippen molar-refractivity contribution < 1.29 is 23.1 Å². The largest absolute Gasteiger partial charge is 0.398 e. The molecule has 2 aliphatic heterocycles. The molecule has 3 aromatic rings. The molecule has 1 aliphatic carbocycles. The van der Waals surface area contributed by atoms with Gasteiger partial charge in [0.2, 0.25) is 5.95 Å². The van der Waals surface area contributed by atoms with E-state index in [4.69, 9.17) is 0 Å². The smallest absolute Gasteiger partial charge is 0.391 e. The molecular weight excluding hydrogens is 489 g/mol. The molecule has 192 valence electrons. The Bertz CT molecular complexity index is 1410. The highest BCUT2D eigenvalue weighted by atomic mass is 19.4. The van der Waals surface area contributed by atoms with Crippen LogP contribution in [-0.4, -0.2) is 72.7 Å². The molecule has 5 heterocycles. The number of rotatable bonds is 6. The molecule has 2 atom stereocenters. The Morgan fingerprint density at radius 1 is 1.27 bits per heavy atom. The van der Waals surface area contributed by atoms with Crippen LogP contribution in [0.3, 0.4) is 0 Å². The lowest BCUT2D eigenvalue weighted by Crippen LogP contribution is -2.38. The van der Waals surface area contributed by atoms with E-state index >= 15 is 0 Å². The van der Waals surface area contributed by atoms with E-state index in [-0.39, 0.29) is 61.9 Å². The topological polar surface area (TPSA) is 121 Å². The lowest BCUT2D eigenvalue weighted by atomic mass is 9.95. The van der Waals surface area contributed by atoms with Gasteiger partial charge < -0.3 is 15.3 Å². The fourth-order valence-corrected chi connectivity index (χ4v) is 5.02. The minimum atomic E-state index is -4.30. The lowest BCUT2D eigenvalue weighted by Gasteiger charge is -2.24. The van der Waals surface area contributed by atoms with Gasteiger partial charge in [-0.3, -0.25) is 19.8 Å². The molecule has 0 amide bonds. The van der Waals surface area contributed by atoms with Crippen LogP contribution in [-0.2, 0) is 11.2 Å². The van der Waals surface area contributed by atoms with Crippen LogP contribution in [0, 0.1) is 5.41 Å². The number of anilines is 2. The van der Waals surface area contributed by atoms with E-state index in [0.717, 1.165) is 0 Å². The van der Waals surface area contributed by atoms with Gasteiger partial charge >= 0.3 is 6.18 Å². The first-order valence-electron chi connectivity index (χ1n) is 11.9. The van der Waals surface area contributed by atoms with Crippen molar-refractivity contribution in [3.05, 3.63) is 54.3 Å². The molecule has 1 saturated carbocycles. The molecule has 1 saturated heterocycles. The fraction of sp³-hybridized carbons (Fsp3) is 0.417. The molecule has 3 aliphatic rings. The first-order valence-corrected chi connectivity index (χ1v) is 11.9. The van der Waals surface area contributed by atoms with Gasteiger partial charge in [0.25, 0.3) is 0 Å². The minimum absolute atomic E-state index is 0.0195. The van der Waals surface area contributed by atoms with Crippen LogP contribution in [0.1, 0.15) is 25.0 Å². The van der Waals surface area contributed by atoms with Gasteiger partial charge in [0, 0.05) is 37.8 Å². The second-order valence-corrected chi connectivity index (χ2v) is 9.57. The lowest BCUT2D eigenvalue weighted by molar-refractivity contribution is -0.175. The number of halogens is 3. The Morgan fingerprint density at radius 2 is 2.11 bits per heavy atom. The summed E-state index contributed by atoms with van der Waals surface area (Å²) in [5.74, 6) is 0.675. The molecule has 0 unspecified atom stereocenters. The van der Waals surface area contributed by atoms with Crippen molar-refractivity contribution in [1.82, 2.24) is 24.6 Å². The van der Waals surface area contributed by atoms with Crippen LogP contribution in [0.4, 0.5) is 24.9 Å². The van der Waals surface area contributed by atoms with E-state index in [1.807, 2.05) is 0 Å². The van der Waals surface area contributed by atoms with Crippen molar-refractivity contribution in [3.8, 4) is 0 Å². The molecule has 2 N–H and O–H groups in total. The van der Waals surface area contributed by atoms with Gasteiger partial charge in [-0.25, -0.2) is 4.52 Å². The second kappa shape index (κ2) is 8.61. The molecule has 0 spiro atoms. The maximum absolute atomic E-state index is 13.6. The summed E-state index contributed by atoms with van der Waals surface area (Å²) < 4.78 is 42.3. The van der Waals surface area contributed by atoms with Crippen molar-refractivity contribution in [2.24, 2.45) is 10.4 Å². The summed E-state index contributed by atoms with van der Waals surface area (Å²) in [6.07, 6.45) is 3.07. The molecular formula is C24H23F3N8O2. The molecule has 0 aromatic carbocycles. The summed E-state index contributed by atoms with van der Waals surface area (Å²) in [4.78, 5) is 31.8. The van der Waals surface area contributed by atoms with Crippen molar-refractivity contribution in [2.45, 2.75) is 44.0 Å². The molecule has 10 nitrogen and oxygen atoms in total. The average Bonchev–Trinajstić information content (AvgIpc) is 3.18. The van der Waals surface area contributed by atoms with Gasteiger partial charge in [0.05, 0.1) is 36.2 Å². The molecule has 2 fully saturated rings. The summed E-state index contributed by atoms with van der Waals surface area (Å²) in [5.41, 5.74) is -0.413. The Balaban J connectivity index is 1.28. The number of carbonyl (C=O) groups is 1. The van der Waals surface area contributed by atoms with E-state index in [0.29, 0.717) is 17.0 Å². The third-order valence-corrected chi connectivity index (χ3v) is 7.14. The van der Waals surface area contributed by atoms with Crippen LogP contribution in [0.25, 0.3) is 5.52 Å². The summed E-state index contributed by atoms with van der Waals surface area (Å²) in [5, 5.41) is 17.9. The van der Waals surface area contributed by atoms with E-state index in [9.17, 15) is 23.1 Å². The third-order valence-electron chi connectivity index (χ3n) is 7.14. The quantitative estimate of drug-likeness (QED) is 0.517. The highest BCUT2D eigenvalue weighted by Crippen LogP contribution is 2.62. The number of Topliss-reactive ketones (excluding diaryl/α,β-unsaturated/α-hetero) is 1. The predicted molar refractivity (Wildman–Crippen MR) is 127 cm³/mol. The molecule has 3 aromatic heterocycles. The number of ketones is 1. The van der Waals surface area contributed by atoms with Crippen LogP contribution >= 0.6 is 0 Å². The van der Waals surface area contributed by atoms with Crippen molar-refractivity contribution in [3.63, 3.8) is 0 Å². The monoisotopic (exact) mass is 512 g/mol. The van der Waals surface area contributed by atoms with Gasteiger partial charge in [0.15, 0.2) is 11.6 Å². The predicted octanol–water partition coefficient (Wildman–Crippen LogP) is 2.36. The third kappa shape index (κ3) is 4.22. The van der Waals surface area contributed by atoms with E-state index in [1.165, 1.54) is 24.7 Å². The highest BCUT2D eigenvalue weighted by Gasteiger charge is 2.65. The maximum atomic E-state index is 13.6. The number of nitrogens with zero attached hydrogens (tertiary/aromatic N) is 7. The first-order chi connectivity index (χ1) is 17.7. The van der Waals surface area contributed by atoms with Crippen molar-refractivity contribution in [2.75, 3.05) is 23.3 Å². The van der Waals surface area contributed by atoms with Crippen LogP contribution in [0.15, 0.2) is 53.6 Å². The highest BCUT2D eigenvalue weighted by molar-refractivity contribution is 6.07. The standard InChI is InChI=1S/C24H23F3N8O2/c25-24(26,27)23(3-4-23)14-8-20(30-11-14)31-21-17-2-1-7-35(17)33-22(32-21)34-13-16(36)10-18(34)19(37)9-15-12-28-5-6-29-15/h1-2,5-8,12,16,18,36H,3-4,9-11,13H2,(H,30,31,32,33)/t16-,18-/m0/s1. The molecule has 37 heavy (non-hydrogen) atoms. The number of aromatic nitrogens is 5. The molecule has 0 radical (unpaired) electrons. The zero-order valence-corrected chi connectivity index (χ0v) is 19.6. The number of alkyl halides is 3. The number of fused-ring (bicyclic) bond motifs is 1. The Hall–Kier alpha value is -3.87. The molecule has 13 heteroatoms.